The van der Waals surface area contributed by atoms with Crippen LogP contribution in [-0.4, -0.2) is 31.6 Å². The number of carbonyl (C=O) groups is 2. The maximum atomic E-state index is 13.0. The molecule has 8 heteroatoms. The summed E-state index contributed by atoms with van der Waals surface area (Å²) in [6.07, 6.45) is 3.12. The number of para-hydroxylation sites is 1. The zero-order valence-corrected chi connectivity index (χ0v) is 16.2. The third-order valence-electron chi connectivity index (χ3n) is 5.09. The average molecular weight is 415 g/mol. The number of nitro benzene ring substituents is 1. The lowest BCUT2D eigenvalue weighted by Crippen LogP contribution is -2.29. The van der Waals surface area contributed by atoms with Gasteiger partial charge in [0.1, 0.15) is 5.76 Å². The van der Waals surface area contributed by atoms with E-state index in [4.69, 9.17) is 0 Å². The van der Waals surface area contributed by atoms with E-state index in [1.807, 2.05) is 0 Å². The fourth-order valence-corrected chi connectivity index (χ4v) is 3.69. The molecule has 1 aliphatic heterocycles. The molecule has 2 heterocycles. The first-order chi connectivity index (χ1) is 15.0. The number of amides is 1. The minimum Gasteiger partial charge on any atom is -0.507 e. The second-order valence-electron chi connectivity index (χ2n) is 6.97. The van der Waals surface area contributed by atoms with Crippen LogP contribution in [0.1, 0.15) is 22.7 Å². The number of pyridine rings is 1. The van der Waals surface area contributed by atoms with Crippen molar-refractivity contribution in [2.75, 3.05) is 0 Å². The Kier molecular flexibility index (Phi) is 5.28. The van der Waals surface area contributed by atoms with E-state index in [0.717, 1.165) is 0 Å². The number of ketones is 1. The van der Waals surface area contributed by atoms with Crippen molar-refractivity contribution in [3.05, 3.63) is 112 Å². The summed E-state index contributed by atoms with van der Waals surface area (Å²) in [6, 6.07) is 16.5. The first-order valence-corrected chi connectivity index (χ1v) is 9.45. The van der Waals surface area contributed by atoms with Crippen LogP contribution in [0.3, 0.4) is 0 Å². The predicted octanol–water partition coefficient (Wildman–Crippen LogP) is 3.61. The maximum absolute atomic E-state index is 13.0. The van der Waals surface area contributed by atoms with Gasteiger partial charge in [-0.15, -0.1) is 0 Å². The standard InChI is InChI=1S/C23H17N3O5/c27-21(16-8-2-1-3-9-16)19-20(17-10-4-5-11-18(17)26(30)31)25(23(29)22(19)28)14-15-7-6-12-24-13-15/h1-13,20,27H,14H2/b21-19+/t20-/m1/s1. The van der Waals surface area contributed by atoms with Gasteiger partial charge in [0.25, 0.3) is 17.4 Å². The molecular weight excluding hydrogens is 398 g/mol. The second-order valence-corrected chi connectivity index (χ2v) is 6.97. The normalized spacial score (nSPS) is 17.7. The van der Waals surface area contributed by atoms with E-state index >= 15 is 0 Å². The van der Waals surface area contributed by atoms with Gasteiger partial charge in [0.05, 0.1) is 22.1 Å². The van der Waals surface area contributed by atoms with E-state index in [9.17, 15) is 24.8 Å². The van der Waals surface area contributed by atoms with Gasteiger partial charge < -0.3 is 10.0 Å². The van der Waals surface area contributed by atoms with Gasteiger partial charge in [0.2, 0.25) is 0 Å². The zero-order valence-electron chi connectivity index (χ0n) is 16.2. The zero-order chi connectivity index (χ0) is 22.0. The number of rotatable bonds is 5. The quantitative estimate of drug-likeness (QED) is 0.224. The molecule has 0 spiro atoms. The third kappa shape index (κ3) is 3.66. The maximum Gasteiger partial charge on any atom is 0.295 e. The number of aliphatic hydroxyl groups excluding tert-OH is 1. The Morgan fingerprint density at radius 2 is 1.74 bits per heavy atom. The van der Waals surface area contributed by atoms with Crippen LogP contribution in [0.2, 0.25) is 0 Å². The topological polar surface area (TPSA) is 114 Å². The molecular formula is C23H17N3O5. The van der Waals surface area contributed by atoms with Crippen molar-refractivity contribution < 1.29 is 19.6 Å². The van der Waals surface area contributed by atoms with E-state index in [2.05, 4.69) is 4.98 Å². The fourth-order valence-electron chi connectivity index (χ4n) is 3.69. The molecule has 1 saturated heterocycles. The SMILES string of the molecule is O=C1C(=O)N(Cc2cccnc2)[C@H](c2ccccc2[N+](=O)[O-])/C1=C(\O)c1ccccc1. The number of Topliss-reactive ketones (excluding diaryl/α,β-unsaturated/α-hetero) is 1. The van der Waals surface area contributed by atoms with Gasteiger partial charge in [-0.25, -0.2) is 0 Å². The van der Waals surface area contributed by atoms with Crippen LogP contribution in [-0.2, 0) is 16.1 Å². The molecule has 0 bridgehead atoms. The van der Waals surface area contributed by atoms with Crippen LogP contribution in [0, 0.1) is 10.1 Å². The van der Waals surface area contributed by atoms with Gasteiger partial charge >= 0.3 is 0 Å². The number of hydrogen-bond donors (Lipinski definition) is 1. The molecule has 1 fully saturated rings. The highest BCUT2D eigenvalue weighted by molar-refractivity contribution is 6.46. The van der Waals surface area contributed by atoms with Crippen LogP contribution in [0.25, 0.3) is 5.76 Å². The van der Waals surface area contributed by atoms with Gasteiger partial charge in [-0.3, -0.25) is 24.7 Å². The molecule has 0 unspecified atom stereocenters. The van der Waals surface area contributed by atoms with Crippen molar-refractivity contribution in [3.63, 3.8) is 0 Å². The molecule has 0 saturated carbocycles. The minimum absolute atomic E-state index is 0.000693. The van der Waals surface area contributed by atoms with Crippen molar-refractivity contribution in [1.29, 1.82) is 0 Å². The monoisotopic (exact) mass is 415 g/mol. The lowest BCUT2D eigenvalue weighted by molar-refractivity contribution is -0.385. The first-order valence-electron chi connectivity index (χ1n) is 9.45. The highest BCUT2D eigenvalue weighted by atomic mass is 16.6. The van der Waals surface area contributed by atoms with Crippen molar-refractivity contribution in [1.82, 2.24) is 9.88 Å². The molecule has 0 aliphatic carbocycles. The van der Waals surface area contributed by atoms with Crippen LogP contribution in [0.5, 0.6) is 0 Å². The van der Waals surface area contributed by atoms with Gasteiger partial charge in [-0.2, -0.15) is 0 Å². The molecule has 3 aromatic rings. The summed E-state index contributed by atoms with van der Waals surface area (Å²) in [7, 11) is 0. The lowest BCUT2D eigenvalue weighted by atomic mass is 9.94. The van der Waals surface area contributed by atoms with Crippen molar-refractivity contribution in [2.24, 2.45) is 0 Å². The molecule has 31 heavy (non-hydrogen) atoms. The largest absolute Gasteiger partial charge is 0.507 e. The number of aliphatic hydroxyl groups is 1. The van der Waals surface area contributed by atoms with Crippen LogP contribution >= 0.6 is 0 Å². The number of hydrogen-bond acceptors (Lipinski definition) is 6. The van der Waals surface area contributed by atoms with E-state index in [-0.39, 0.29) is 29.1 Å². The Hall–Kier alpha value is -4.33. The van der Waals surface area contributed by atoms with Gasteiger partial charge in [0.15, 0.2) is 0 Å². The molecule has 2 aromatic carbocycles. The molecule has 8 nitrogen and oxygen atoms in total. The summed E-state index contributed by atoms with van der Waals surface area (Å²) in [4.78, 5) is 42.3. The Labute approximate surface area is 177 Å². The van der Waals surface area contributed by atoms with Crippen molar-refractivity contribution in [3.8, 4) is 0 Å². The van der Waals surface area contributed by atoms with Gasteiger partial charge in [-0.1, -0.05) is 48.5 Å². The number of benzene rings is 2. The van der Waals surface area contributed by atoms with E-state index in [1.165, 1.54) is 23.1 Å². The number of carbonyl (C=O) groups excluding carboxylic acids is 2. The predicted molar refractivity (Wildman–Crippen MR) is 112 cm³/mol. The summed E-state index contributed by atoms with van der Waals surface area (Å²) < 4.78 is 0. The van der Waals surface area contributed by atoms with E-state index in [1.54, 1.807) is 60.9 Å². The second kappa shape index (κ2) is 8.19. The molecule has 1 atom stereocenters. The molecule has 0 radical (unpaired) electrons. The molecule has 4 rings (SSSR count). The Morgan fingerprint density at radius 3 is 2.42 bits per heavy atom. The molecule has 1 N–H and O–H groups in total. The van der Waals surface area contributed by atoms with E-state index < -0.39 is 22.7 Å². The molecule has 1 aromatic heterocycles. The fraction of sp³-hybridized carbons (Fsp3) is 0.0870. The van der Waals surface area contributed by atoms with Crippen LogP contribution < -0.4 is 0 Å². The van der Waals surface area contributed by atoms with Crippen molar-refractivity contribution >= 4 is 23.1 Å². The lowest BCUT2D eigenvalue weighted by Gasteiger charge is -2.25. The van der Waals surface area contributed by atoms with Gasteiger partial charge in [0, 0.05) is 30.6 Å². The van der Waals surface area contributed by atoms with E-state index in [0.29, 0.717) is 11.1 Å². The number of nitro groups is 1. The summed E-state index contributed by atoms with van der Waals surface area (Å²) >= 11 is 0. The Bertz CT molecular complexity index is 1190. The van der Waals surface area contributed by atoms with Crippen LogP contribution in [0.4, 0.5) is 5.69 Å². The Balaban J connectivity index is 1.93. The Morgan fingerprint density at radius 1 is 1.03 bits per heavy atom. The van der Waals surface area contributed by atoms with Crippen molar-refractivity contribution in [2.45, 2.75) is 12.6 Å². The number of aromatic nitrogens is 1. The molecule has 1 aliphatic rings. The third-order valence-corrected chi connectivity index (χ3v) is 5.09. The first kappa shape index (κ1) is 20.0. The van der Waals surface area contributed by atoms with Crippen LogP contribution in [0.15, 0.2) is 84.7 Å². The molecule has 1 amide bonds. The van der Waals surface area contributed by atoms with Gasteiger partial charge in [-0.05, 0) is 17.7 Å². The molecule has 154 valence electrons. The number of nitrogens with zero attached hydrogens (tertiary/aromatic N) is 3. The smallest absolute Gasteiger partial charge is 0.295 e. The highest BCUT2D eigenvalue weighted by Crippen LogP contribution is 2.43. The summed E-state index contributed by atoms with van der Waals surface area (Å²) in [5.74, 6) is -2.12. The summed E-state index contributed by atoms with van der Waals surface area (Å²) in [5.41, 5.74) is 0.699. The minimum atomic E-state index is -1.12. The summed E-state index contributed by atoms with van der Waals surface area (Å²) in [6.45, 7) is 0.000693. The number of likely N-dealkylation sites (tertiary alicyclic amines) is 1. The average Bonchev–Trinajstić information content (AvgIpc) is 3.04. The highest BCUT2D eigenvalue weighted by Gasteiger charge is 2.48. The summed E-state index contributed by atoms with van der Waals surface area (Å²) in [5, 5.41) is 22.6.